The Labute approximate surface area is 179 Å². The summed E-state index contributed by atoms with van der Waals surface area (Å²) < 4.78 is 0. The second-order valence-electron chi connectivity index (χ2n) is 7.49. The van der Waals surface area contributed by atoms with Gasteiger partial charge in [0.05, 0.1) is 12.6 Å². The van der Waals surface area contributed by atoms with E-state index in [4.69, 9.17) is 10.8 Å². The number of carbonyl (C=O) groups excluding carboxylic acids is 3. The van der Waals surface area contributed by atoms with Crippen molar-refractivity contribution in [3.8, 4) is 5.75 Å². The summed E-state index contributed by atoms with van der Waals surface area (Å²) in [6.45, 7) is 1.08. The molecule has 0 spiro atoms. The Hall–Kier alpha value is -3.18. The molecule has 4 unspecified atom stereocenters. The van der Waals surface area contributed by atoms with Crippen LogP contribution in [0.1, 0.15) is 25.3 Å². The number of benzene rings is 1. The van der Waals surface area contributed by atoms with E-state index in [0.717, 1.165) is 0 Å². The number of carboxylic acids is 1. The van der Waals surface area contributed by atoms with E-state index < -0.39 is 48.6 Å². The van der Waals surface area contributed by atoms with Gasteiger partial charge < -0.3 is 36.6 Å². The van der Waals surface area contributed by atoms with Crippen molar-refractivity contribution >= 4 is 23.7 Å². The molecule has 1 aromatic carbocycles. The number of aliphatic hydroxyl groups is 1. The molecule has 0 aromatic heterocycles. The predicted octanol–water partition coefficient (Wildman–Crippen LogP) is -1.68. The molecule has 0 saturated carbocycles. The van der Waals surface area contributed by atoms with Crippen molar-refractivity contribution in [2.24, 2.45) is 5.73 Å². The maximum Gasteiger partial charge on any atom is 0.328 e. The Bertz CT molecular complexity index is 812. The third-order valence-corrected chi connectivity index (χ3v) is 5.03. The molecule has 1 saturated heterocycles. The van der Waals surface area contributed by atoms with Crippen LogP contribution in [-0.4, -0.2) is 81.2 Å². The highest BCUT2D eigenvalue weighted by molar-refractivity contribution is 5.94. The molecule has 4 atom stereocenters. The molecule has 1 aromatic rings. The third kappa shape index (κ3) is 6.40. The topological polar surface area (TPSA) is 182 Å². The quantitative estimate of drug-likeness (QED) is 0.265. The molecule has 0 radical (unpaired) electrons. The number of likely N-dealkylation sites (tertiary alicyclic amines) is 1. The van der Waals surface area contributed by atoms with Gasteiger partial charge in [0.25, 0.3) is 0 Å². The fourth-order valence-corrected chi connectivity index (χ4v) is 3.37. The lowest BCUT2D eigenvalue weighted by molar-refractivity contribution is -0.144. The largest absolute Gasteiger partial charge is 0.508 e. The maximum atomic E-state index is 12.9. The number of carboxylic acid groups (broad SMARTS) is 1. The number of aliphatic carboxylic acids is 1. The zero-order valence-electron chi connectivity index (χ0n) is 17.2. The van der Waals surface area contributed by atoms with Gasteiger partial charge in [0.15, 0.2) is 0 Å². The number of nitrogens with zero attached hydrogens (tertiary/aromatic N) is 1. The number of hydrogen-bond acceptors (Lipinski definition) is 7. The molecule has 1 aliphatic rings. The fourth-order valence-electron chi connectivity index (χ4n) is 3.37. The van der Waals surface area contributed by atoms with E-state index in [2.05, 4.69) is 10.6 Å². The minimum atomic E-state index is -1.53. The molecule has 0 bridgehead atoms. The van der Waals surface area contributed by atoms with Gasteiger partial charge in [-0.1, -0.05) is 12.1 Å². The van der Waals surface area contributed by atoms with Crippen LogP contribution in [0.5, 0.6) is 5.75 Å². The minimum absolute atomic E-state index is 0.00355. The first-order valence-corrected chi connectivity index (χ1v) is 9.92. The number of hydrogen-bond donors (Lipinski definition) is 6. The number of amides is 3. The Morgan fingerprint density at radius 2 is 1.81 bits per heavy atom. The molecular weight excluding hydrogens is 408 g/mol. The summed E-state index contributed by atoms with van der Waals surface area (Å²) in [5.41, 5.74) is 6.25. The van der Waals surface area contributed by atoms with E-state index >= 15 is 0 Å². The van der Waals surface area contributed by atoms with Gasteiger partial charge in [0, 0.05) is 13.0 Å². The first-order valence-electron chi connectivity index (χ1n) is 9.92. The molecular formula is C20H28N4O7. The highest BCUT2D eigenvalue weighted by atomic mass is 16.4. The summed E-state index contributed by atoms with van der Waals surface area (Å²) in [5, 5.41) is 32.5. The SMILES string of the molecule is CC(N)C(=O)N1CCCC1C(=O)NC(Cc1ccc(O)cc1)C(=O)NC(CO)C(=O)O. The lowest BCUT2D eigenvalue weighted by Crippen LogP contribution is -2.57. The summed E-state index contributed by atoms with van der Waals surface area (Å²) in [6.07, 6.45) is 1.02. The van der Waals surface area contributed by atoms with Crippen molar-refractivity contribution in [3.05, 3.63) is 29.8 Å². The summed E-state index contributed by atoms with van der Waals surface area (Å²) in [5.74, 6) is -3.12. The number of aliphatic hydroxyl groups excluding tert-OH is 1. The lowest BCUT2D eigenvalue weighted by atomic mass is 10.0. The van der Waals surface area contributed by atoms with Crippen LogP contribution in [0.2, 0.25) is 0 Å². The summed E-state index contributed by atoms with van der Waals surface area (Å²) >= 11 is 0. The summed E-state index contributed by atoms with van der Waals surface area (Å²) in [4.78, 5) is 50.4. The van der Waals surface area contributed by atoms with Crippen LogP contribution >= 0.6 is 0 Å². The van der Waals surface area contributed by atoms with Gasteiger partial charge in [0.1, 0.15) is 23.9 Å². The van der Waals surface area contributed by atoms with Crippen molar-refractivity contribution in [1.29, 1.82) is 0 Å². The van der Waals surface area contributed by atoms with Crippen molar-refractivity contribution < 1.29 is 34.5 Å². The normalized spacial score (nSPS) is 18.7. The number of carbonyl (C=O) groups is 4. The summed E-state index contributed by atoms with van der Waals surface area (Å²) in [6, 6.07) is 1.69. The molecule has 1 aliphatic heterocycles. The number of nitrogens with two attached hydrogens (primary N) is 1. The van der Waals surface area contributed by atoms with Crippen molar-refractivity contribution in [1.82, 2.24) is 15.5 Å². The van der Waals surface area contributed by atoms with Crippen LogP contribution < -0.4 is 16.4 Å². The average Bonchev–Trinajstić information content (AvgIpc) is 3.21. The van der Waals surface area contributed by atoms with Gasteiger partial charge in [-0.3, -0.25) is 14.4 Å². The van der Waals surface area contributed by atoms with Crippen LogP contribution in [0.4, 0.5) is 0 Å². The van der Waals surface area contributed by atoms with Gasteiger partial charge >= 0.3 is 5.97 Å². The van der Waals surface area contributed by atoms with Gasteiger partial charge in [0.2, 0.25) is 17.7 Å². The van der Waals surface area contributed by atoms with Crippen molar-refractivity contribution in [2.45, 2.75) is 50.4 Å². The minimum Gasteiger partial charge on any atom is -0.508 e. The molecule has 11 heteroatoms. The Morgan fingerprint density at radius 3 is 2.35 bits per heavy atom. The Balaban J connectivity index is 2.19. The molecule has 1 heterocycles. The van der Waals surface area contributed by atoms with E-state index in [1.54, 1.807) is 12.1 Å². The summed E-state index contributed by atoms with van der Waals surface area (Å²) in [7, 11) is 0. The zero-order valence-corrected chi connectivity index (χ0v) is 17.2. The van der Waals surface area contributed by atoms with E-state index in [-0.39, 0.29) is 18.1 Å². The van der Waals surface area contributed by atoms with E-state index in [0.29, 0.717) is 24.9 Å². The van der Waals surface area contributed by atoms with Gasteiger partial charge in [-0.05, 0) is 37.5 Å². The highest BCUT2D eigenvalue weighted by Crippen LogP contribution is 2.19. The molecule has 31 heavy (non-hydrogen) atoms. The lowest BCUT2D eigenvalue weighted by Gasteiger charge is -2.28. The Morgan fingerprint density at radius 1 is 1.16 bits per heavy atom. The van der Waals surface area contributed by atoms with Crippen molar-refractivity contribution in [3.63, 3.8) is 0 Å². The molecule has 170 valence electrons. The van der Waals surface area contributed by atoms with E-state index in [1.165, 1.54) is 24.0 Å². The second kappa shape index (κ2) is 10.7. The predicted molar refractivity (Wildman–Crippen MR) is 109 cm³/mol. The second-order valence-corrected chi connectivity index (χ2v) is 7.49. The van der Waals surface area contributed by atoms with Crippen LogP contribution in [0, 0.1) is 0 Å². The standard InChI is InChI=1S/C20H28N4O7/c1-11(21)19(29)24-8-2-3-16(24)18(28)22-14(9-12-4-6-13(26)7-5-12)17(27)23-15(10-25)20(30)31/h4-7,11,14-16,25-26H,2-3,8-10,21H2,1H3,(H,22,28)(H,23,27)(H,30,31). The van der Waals surface area contributed by atoms with Gasteiger partial charge in [-0.15, -0.1) is 0 Å². The van der Waals surface area contributed by atoms with Crippen LogP contribution in [0.15, 0.2) is 24.3 Å². The maximum absolute atomic E-state index is 12.9. The number of phenols is 1. The third-order valence-electron chi connectivity index (χ3n) is 5.03. The van der Waals surface area contributed by atoms with Crippen LogP contribution in [-0.2, 0) is 25.6 Å². The Kier molecular flexibility index (Phi) is 8.34. The molecule has 7 N–H and O–H groups in total. The number of phenolic OH excluding ortho intramolecular Hbond substituents is 1. The molecule has 0 aliphatic carbocycles. The fraction of sp³-hybridized carbons (Fsp3) is 0.500. The molecule has 3 amide bonds. The van der Waals surface area contributed by atoms with E-state index in [9.17, 15) is 29.4 Å². The van der Waals surface area contributed by atoms with Crippen molar-refractivity contribution in [2.75, 3.05) is 13.2 Å². The number of rotatable bonds is 9. The van der Waals surface area contributed by atoms with E-state index in [1.807, 2.05) is 0 Å². The van der Waals surface area contributed by atoms with Crippen LogP contribution in [0.25, 0.3) is 0 Å². The molecule has 1 fully saturated rings. The van der Waals surface area contributed by atoms with Gasteiger partial charge in [-0.2, -0.15) is 0 Å². The monoisotopic (exact) mass is 436 g/mol. The zero-order chi connectivity index (χ0) is 23.1. The van der Waals surface area contributed by atoms with Gasteiger partial charge in [-0.25, -0.2) is 4.79 Å². The highest BCUT2D eigenvalue weighted by Gasteiger charge is 2.37. The molecule has 11 nitrogen and oxygen atoms in total. The average molecular weight is 436 g/mol. The molecule has 2 rings (SSSR count). The first kappa shape index (κ1) is 24.1. The first-order chi connectivity index (χ1) is 14.6. The number of nitrogens with one attached hydrogen (secondary N) is 2. The number of aromatic hydroxyl groups is 1. The smallest absolute Gasteiger partial charge is 0.328 e. The van der Waals surface area contributed by atoms with Crippen LogP contribution in [0.3, 0.4) is 0 Å².